The molecule has 0 unspecified atom stereocenters. The van der Waals surface area contributed by atoms with Crippen molar-refractivity contribution in [2.45, 2.75) is 18.6 Å². The lowest BCUT2D eigenvalue weighted by atomic mass is 10.1. The van der Waals surface area contributed by atoms with Crippen molar-refractivity contribution in [2.24, 2.45) is 0 Å². The van der Waals surface area contributed by atoms with Gasteiger partial charge >= 0.3 is 11.7 Å². The third-order valence-electron chi connectivity index (χ3n) is 2.43. The summed E-state index contributed by atoms with van der Waals surface area (Å²) in [5, 5.41) is 0. The fourth-order valence-electron chi connectivity index (χ4n) is 1.50. The molecule has 0 bridgehead atoms. The Morgan fingerprint density at radius 3 is 1.91 bits per heavy atom. The topological polar surface area (TPSA) is 34.1 Å². The molecule has 2 nitrogen and oxygen atoms in total. The molecule has 0 N–H and O–H groups in total. The van der Waals surface area contributed by atoms with Gasteiger partial charge in [-0.15, -0.1) is 0 Å². The maximum absolute atomic E-state index is 12.7. The Hall–Kier alpha value is -1.77. The minimum Gasteiger partial charge on any atom is -0.214 e. The van der Waals surface area contributed by atoms with Gasteiger partial charge in [0, 0.05) is 0 Å². The van der Waals surface area contributed by atoms with E-state index < -0.39 is 26.4 Å². The van der Waals surface area contributed by atoms with E-state index in [-0.39, 0.29) is 11.6 Å². The van der Waals surface area contributed by atoms with Crippen LogP contribution in [0.2, 0.25) is 0 Å². The molecule has 1 rings (SSSR count). The smallest absolute Gasteiger partial charge is 0.214 e. The van der Waals surface area contributed by atoms with Crippen LogP contribution < -0.4 is 0 Å². The molecular formula is C13H10F6O2S. The first kappa shape index (κ1) is 18.3. The van der Waals surface area contributed by atoms with Crippen LogP contribution >= 0.6 is 0 Å². The minimum atomic E-state index is -6.49. The Morgan fingerprint density at radius 1 is 1.00 bits per heavy atom. The SMILES string of the molecule is CC(=Cc1ccccc1)C=C(C(F)(F)F)S(=O)(=O)C(F)(F)F. The number of benzene rings is 1. The summed E-state index contributed by atoms with van der Waals surface area (Å²) >= 11 is 0. The highest BCUT2D eigenvalue weighted by Gasteiger charge is 2.56. The molecule has 0 saturated carbocycles. The van der Waals surface area contributed by atoms with E-state index in [1.54, 1.807) is 18.2 Å². The summed E-state index contributed by atoms with van der Waals surface area (Å²) in [6.07, 6.45) is -4.55. The van der Waals surface area contributed by atoms with E-state index in [2.05, 4.69) is 0 Å². The van der Waals surface area contributed by atoms with Crippen LogP contribution in [0.15, 0.2) is 46.9 Å². The standard InChI is InChI=1S/C13H10F6O2S/c1-9(7-10-5-3-2-4-6-10)8-11(12(14,15)16)22(20,21)13(17,18)19/h2-8H,1H3. The van der Waals surface area contributed by atoms with E-state index in [9.17, 15) is 34.8 Å². The fourth-order valence-corrected chi connectivity index (χ4v) is 2.39. The van der Waals surface area contributed by atoms with Crippen molar-refractivity contribution in [3.8, 4) is 0 Å². The first-order chi connectivity index (χ1) is 9.85. The number of hydrogen-bond donors (Lipinski definition) is 0. The van der Waals surface area contributed by atoms with E-state index in [0.29, 0.717) is 5.56 Å². The molecule has 0 atom stereocenters. The first-order valence-electron chi connectivity index (χ1n) is 5.69. The number of rotatable bonds is 3. The largest absolute Gasteiger partial charge is 0.501 e. The molecule has 1 aromatic rings. The molecule has 0 fully saturated rings. The number of alkyl halides is 6. The second kappa shape index (κ2) is 6.15. The predicted octanol–water partition coefficient (Wildman–Crippen LogP) is 4.47. The van der Waals surface area contributed by atoms with Crippen molar-refractivity contribution in [1.82, 2.24) is 0 Å². The van der Waals surface area contributed by atoms with Crippen molar-refractivity contribution in [3.05, 3.63) is 52.4 Å². The zero-order valence-corrected chi connectivity index (χ0v) is 11.9. The minimum absolute atomic E-state index is 0.0319. The summed E-state index contributed by atoms with van der Waals surface area (Å²) in [6, 6.07) is 7.78. The van der Waals surface area contributed by atoms with Crippen LogP contribution in [0, 0.1) is 0 Å². The maximum Gasteiger partial charge on any atom is 0.501 e. The molecular weight excluding hydrogens is 334 g/mol. The molecule has 0 radical (unpaired) electrons. The lowest BCUT2D eigenvalue weighted by Gasteiger charge is -2.14. The number of allylic oxidation sites excluding steroid dienone is 3. The van der Waals surface area contributed by atoms with E-state index in [4.69, 9.17) is 0 Å². The normalized spacial score (nSPS) is 15.0. The third kappa shape index (κ3) is 4.36. The molecule has 1 aromatic carbocycles. The third-order valence-corrected chi connectivity index (χ3v) is 3.96. The van der Waals surface area contributed by atoms with Gasteiger partial charge in [-0.3, -0.25) is 0 Å². The van der Waals surface area contributed by atoms with Gasteiger partial charge in [0.2, 0.25) is 0 Å². The molecule has 0 aliphatic rings. The predicted molar refractivity (Wildman–Crippen MR) is 69.2 cm³/mol. The molecule has 9 heteroatoms. The summed E-state index contributed by atoms with van der Waals surface area (Å²) < 4.78 is 97.1. The summed E-state index contributed by atoms with van der Waals surface area (Å²) in [5.41, 5.74) is -5.89. The molecule has 22 heavy (non-hydrogen) atoms. The van der Waals surface area contributed by atoms with Crippen LogP contribution in [-0.2, 0) is 9.84 Å². The highest BCUT2D eigenvalue weighted by molar-refractivity contribution is 7.96. The molecule has 0 saturated heterocycles. The Labute approximate surface area is 122 Å². The molecule has 0 spiro atoms. The van der Waals surface area contributed by atoms with Gasteiger partial charge in [-0.05, 0) is 24.1 Å². The summed E-state index contributed by atoms with van der Waals surface area (Å²) in [5.74, 6) is 0. The second-order valence-corrected chi connectivity index (χ2v) is 6.16. The van der Waals surface area contributed by atoms with Crippen molar-refractivity contribution in [1.29, 1.82) is 0 Å². The maximum atomic E-state index is 12.7. The molecule has 0 amide bonds. The Kier molecular flexibility index (Phi) is 5.11. The first-order valence-corrected chi connectivity index (χ1v) is 7.17. The van der Waals surface area contributed by atoms with Crippen LogP contribution in [0.5, 0.6) is 0 Å². The molecule has 0 aliphatic carbocycles. The van der Waals surface area contributed by atoms with Crippen molar-refractivity contribution < 1.29 is 34.8 Å². The Balaban J connectivity index is 3.40. The second-order valence-electron chi connectivity index (χ2n) is 4.25. The van der Waals surface area contributed by atoms with Crippen molar-refractivity contribution in [2.75, 3.05) is 0 Å². The van der Waals surface area contributed by atoms with Crippen LogP contribution in [0.25, 0.3) is 6.08 Å². The zero-order valence-electron chi connectivity index (χ0n) is 11.0. The number of sulfone groups is 1. The monoisotopic (exact) mass is 344 g/mol. The Bertz CT molecular complexity index is 681. The lowest BCUT2D eigenvalue weighted by Crippen LogP contribution is -2.31. The fraction of sp³-hybridized carbons (Fsp3) is 0.231. The van der Waals surface area contributed by atoms with Crippen LogP contribution in [0.1, 0.15) is 12.5 Å². The molecule has 0 aromatic heterocycles. The average molecular weight is 344 g/mol. The lowest BCUT2D eigenvalue weighted by molar-refractivity contribution is -0.0894. The molecule has 122 valence electrons. The van der Waals surface area contributed by atoms with E-state index in [1.807, 2.05) is 0 Å². The van der Waals surface area contributed by atoms with Crippen LogP contribution in [0.4, 0.5) is 26.3 Å². The van der Waals surface area contributed by atoms with E-state index in [1.165, 1.54) is 12.1 Å². The van der Waals surface area contributed by atoms with Crippen LogP contribution in [-0.4, -0.2) is 20.1 Å². The molecule has 0 aliphatic heterocycles. The zero-order chi connectivity index (χ0) is 17.2. The van der Waals surface area contributed by atoms with Crippen LogP contribution in [0.3, 0.4) is 0 Å². The van der Waals surface area contributed by atoms with Gasteiger partial charge in [-0.2, -0.15) is 26.3 Å². The molecule has 0 heterocycles. The summed E-state index contributed by atoms with van der Waals surface area (Å²) in [4.78, 5) is -2.64. The van der Waals surface area contributed by atoms with Gasteiger partial charge < -0.3 is 0 Å². The number of hydrogen-bond acceptors (Lipinski definition) is 2. The van der Waals surface area contributed by atoms with E-state index in [0.717, 1.165) is 13.0 Å². The van der Waals surface area contributed by atoms with Gasteiger partial charge in [0.15, 0.2) is 4.91 Å². The van der Waals surface area contributed by atoms with Crippen molar-refractivity contribution in [3.63, 3.8) is 0 Å². The van der Waals surface area contributed by atoms with Gasteiger partial charge in [-0.1, -0.05) is 36.4 Å². The van der Waals surface area contributed by atoms with E-state index >= 15 is 0 Å². The number of halogens is 6. The van der Waals surface area contributed by atoms with Crippen molar-refractivity contribution >= 4 is 15.9 Å². The Morgan fingerprint density at radius 2 is 1.50 bits per heavy atom. The highest BCUT2D eigenvalue weighted by atomic mass is 32.2. The van der Waals surface area contributed by atoms with Gasteiger partial charge in [0.25, 0.3) is 9.84 Å². The van der Waals surface area contributed by atoms with Gasteiger partial charge in [0.05, 0.1) is 0 Å². The quantitative estimate of drug-likeness (QED) is 0.599. The average Bonchev–Trinajstić information content (AvgIpc) is 2.34. The summed E-state index contributed by atoms with van der Waals surface area (Å²) in [6.45, 7) is 1.07. The summed E-state index contributed by atoms with van der Waals surface area (Å²) in [7, 11) is -6.49. The van der Waals surface area contributed by atoms with Gasteiger partial charge in [-0.25, -0.2) is 8.42 Å². The van der Waals surface area contributed by atoms with Gasteiger partial charge in [0.1, 0.15) is 0 Å². The highest BCUT2D eigenvalue weighted by Crippen LogP contribution is 2.39.